The van der Waals surface area contributed by atoms with E-state index in [0.29, 0.717) is 16.3 Å². The van der Waals surface area contributed by atoms with Crippen molar-refractivity contribution in [2.75, 3.05) is 5.32 Å². The smallest absolute Gasteiger partial charge is 0.237 e. The highest BCUT2D eigenvalue weighted by Gasteiger charge is 2.19. The second-order valence-corrected chi connectivity index (χ2v) is 8.64. The lowest BCUT2D eigenvalue weighted by atomic mass is 10.2. The van der Waals surface area contributed by atoms with Gasteiger partial charge in [-0.05, 0) is 44.5 Å². The van der Waals surface area contributed by atoms with Crippen molar-refractivity contribution in [2.24, 2.45) is 0 Å². The number of hydrogen-bond acceptors (Lipinski definition) is 6. The molecule has 3 rings (SSSR count). The number of nitrogens with zero attached hydrogens (tertiary/aromatic N) is 3. The second-order valence-electron chi connectivity index (χ2n) is 5.70. The Bertz CT molecular complexity index is 1040. The van der Waals surface area contributed by atoms with Crippen molar-refractivity contribution in [3.63, 3.8) is 0 Å². The van der Waals surface area contributed by atoms with Gasteiger partial charge >= 0.3 is 0 Å². The highest BCUT2D eigenvalue weighted by molar-refractivity contribution is 8.00. The molecule has 0 unspecified atom stereocenters. The molecule has 0 saturated heterocycles. The number of thioether (sulfide) groups is 1. The number of hydrogen-bond donors (Lipinski definition) is 1. The molecular weight excluding hydrogens is 388 g/mol. The largest absolute Gasteiger partial charge is 0.325 e. The van der Waals surface area contributed by atoms with Gasteiger partial charge < -0.3 is 5.32 Å². The molecule has 0 aliphatic heterocycles. The van der Waals surface area contributed by atoms with Crippen LogP contribution in [0.1, 0.15) is 22.9 Å². The summed E-state index contributed by atoms with van der Waals surface area (Å²) in [6.07, 6.45) is 1.53. The summed E-state index contributed by atoms with van der Waals surface area (Å²) in [5.41, 5.74) is 2.08. The van der Waals surface area contributed by atoms with E-state index in [-0.39, 0.29) is 11.2 Å². The molecule has 0 fully saturated rings. The van der Waals surface area contributed by atoms with E-state index in [1.807, 2.05) is 19.9 Å². The third-order valence-corrected chi connectivity index (χ3v) is 6.47. The molecule has 8 heteroatoms. The van der Waals surface area contributed by atoms with Crippen LogP contribution in [0.3, 0.4) is 0 Å². The van der Waals surface area contributed by atoms with Gasteiger partial charge in [0.2, 0.25) is 5.91 Å². The first-order valence-electron chi connectivity index (χ1n) is 7.78. The van der Waals surface area contributed by atoms with Crippen molar-refractivity contribution in [3.8, 4) is 6.07 Å². The summed E-state index contributed by atoms with van der Waals surface area (Å²) in [6, 6.07) is 6.81. The van der Waals surface area contributed by atoms with Crippen LogP contribution in [0.2, 0.25) is 5.02 Å². The Balaban J connectivity index is 1.78. The van der Waals surface area contributed by atoms with Crippen LogP contribution in [-0.2, 0) is 4.79 Å². The molecule has 0 saturated carbocycles. The molecule has 26 heavy (non-hydrogen) atoms. The van der Waals surface area contributed by atoms with E-state index in [2.05, 4.69) is 22.2 Å². The molecule has 1 N–H and O–H groups in total. The quantitative estimate of drug-likeness (QED) is 0.493. The molecule has 0 aliphatic carbocycles. The van der Waals surface area contributed by atoms with E-state index in [9.17, 15) is 4.79 Å². The van der Waals surface area contributed by atoms with E-state index >= 15 is 0 Å². The molecule has 0 spiro atoms. The molecule has 2 aromatic heterocycles. The van der Waals surface area contributed by atoms with Crippen LogP contribution in [0.15, 0.2) is 29.6 Å². The summed E-state index contributed by atoms with van der Waals surface area (Å²) in [6.45, 7) is 5.93. The fourth-order valence-electron chi connectivity index (χ4n) is 2.39. The number of aromatic nitrogens is 2. The first-order chi connectivity index (χ1) is 12.4. The minimum Gasteiger partial charge on any atom is -0.325 e. The number of halogens is 1. The van der Waals surface area contributed by atoms with Gasteiger partial charge in [-0.15, -0.1) is 11.3 Å². The van der Waals surface area contributed by atoms with Gasteiger partial charge in [0, 0.05) is 16.0 Å². The third-order valence-electron chi connectivity index (χ3n) is 3.95. The zero-order chi connectivity index (χ0) is 18.8. The minimum atomic E-state index is -0.359. The molecule has 5 nitrogen and oxygen atoms in total. The van der Waals surface area contributed by atoms with E-state index in [1.54, 1.807) is 29.5 Å². The van der Waals surface area contributed by atoms with Crippen LogP contribution in [-0.4, -0.2) is 21.1 Å². The number of amides is 1. The number of carbonyl (C=O) groups excluding carboxylic acids is 1. The van der Waals surface area contributed by atoms with Gasteiger partial charge in [0.15, 0.2) is 0 Å². The normalized spacial score (nSPS) is 12.0. The van der Waals surface area contributed by atoms with E-state index in [4.69, 9.17) is 16.9 Å². The third kappa shape index (κ3) is 3.68. The molecule has 132 valence electrons. The topological polar surface area (TPSA) is 78.7 Å². The fraction of sp³-hybridized carbons (Fsp3) is 0.222. The number of aryl methyl sites for hydroxylation is 2. The summed E-state index contributed by atoms with van der Waals surface area (Å²) >= 11 is 9.04. The average Bonchev–Trinajstić information content (AvgIpc) is 2.90. The Labute approximate surface area is 164 Å². The zero-order valence-corrected chi connectivity index (χ0v) is 16.7. The lowest BCUT2D eigenvalue weighted by Gasteiger charge is -2.12. The van der Waals surface area contributed by atoms with Gasteiger partial charge in [-0.25, -0.2) is 9.97 Å². The van der Waals surface area contributed by atoms with E-state index in [0.717, 1.165) is 20.8 Å². The number of fused-ring (bicyclic) bond motifs is 1. The van der Waals surface area contributed by atoms with Gasteiger partial charge in [0.1, 0.15) is 22.3 Å². The van der Waals surface area contributed by atoms with Crippen molar-refractivity contribution in [1.82, 2.24) is 9.97 Å². The van der Waals surface area contributed by atoms with Crippen molar-refractivity contribution < 1.29 is 4.79 Å². The highest BCUT2D eigenvalue weighted by atomic mass is 35.5. The van der Waals surface area contributed by atoms with Gasteiger partial charge in [0.25, 0.3) is 0 Å². The van der Waals surface area contributed by atoms with Crippen LogP contribution in [0.5, 0.6) is 0 Å². The van der Waals surface area contributed by atoms with Gasteiger partial charge in [0.05, 0.1) is 15.8 Å². The van der Waals surface area contributed by atoms with Crippen LogP contribution in [0.25, 0.3) is 10.2 Å². The van der Waals surface area contributed by atoms with Gasteiger partial charge in [-0.2, -0.15) is 5.26 Å². The van der Waals surface area contributed by atoms with Crippen molar-refractivity contribution >= 4 is 56.5 Å². The molecule has 1 aromatic carbocycles. The Kier molecular flexibility index (Phi) is 5.47. The Hall–Kier alpha value is -2.14. The first kappa shape index (κ1) is 18.6. The number of nitrogens with one attached hydrogen (secondary N) is 1. The molecule has 1 amide bonds. The summed E-state index contributed by atoms with van der Waals surface area (Å²) in [5, 5.41) is 13.5. The number of carbonyl (C=O) groups is 1. The predicted molar refractivity (Wildman–Crippen MR) is 107 cm³/mol. The number of anilines is 1. The number of rotatable bonds is 4. The number of benzene rings is 1. The van der Waals surface area contributed by atoms with Crippen molar-refractivity contribution in [3.05, 3.63) is 45.6 Å². The SMILES string of the molecule is Cc1sc2ncnc(S[C@@H](C)C(=O)Nc3ccc(C#N)c(Cl)c3)c2c1C. The summed E-state index contributed by atoms with van der Waals surface area (Å²) < 4.78 is 0. The van der Waals surface area contributed by atoms with Gasteiger partial charge in [-0.3, -0.25) is 4.79 Å². The van der Waals surface area contributed by atoms with Crippen LogP contribution < -0.4 is 5.32 Å². The fourth-order valence-corrected chi connectivity index (χ4v) is 4.65. The maximum Gasteiger partial charge on any atom is 0.237 e. The van der Waals surface area contributed by atoms with Crippen LogP contribution in [0, 0.1) is 25.2 Å². The van der Waals surface area contributed by atoms with E-state index < -0.39 is 0 Å². The number of nitriles is 1. The Morgan fingerprint density at radius 1 is 1.38 bits per heavy atom. The molecule has 1 atom stereocenters. The average molecular weight is 403 g/mol. The predicted octanol–water partition coefficient (Wildman–Crippen LogP) is 4.95. The monoisotopic (exact) mass is 402 g/mol. The van der Waals surface area contributed by atoms with Crippen molar-refractivity contribution in [1.29, 1.82) is 5.26 Å². The highest BCUT2D eigenvalue weighted by Crippen LogP contribution is 2.36. The first-order valence-corrected chi connectivity index (χ1v) is 9.86. The summed E-state index contributed by atoms with van der Waals surface area (Å²) in [7, 11) is 0. The second kappa shape index (κ2) is 7.62. The molecule has 0 bridgehead atoms. The number of thiophene rings is 1. The standard InChI is InChI=1S/C18H15ClN4OS2/c1-9-10(2)25-17-15(9)18(22-8-21-17)26-11(3)16(24)23-13-5-4-12(7-20)14(19)6-13/h4-6,8,11H,1-3H3,(H,23,24)/t11-/m0/s1. The summed E-state index contributed by atoms with van der Waals surface area (Å²) in [4.78, 5) is 23.4. The Morgan fingerprint density at radius 2 is 2.15 bits per heavy atom. The maximum absolute atomic E-state index is 12.5. The van der Waals surface area contributed by atoms with Crippen molar-refractivity contribution in [2.45, 2.75) is 31.0 Å². The zero-order valence-electron chi connectivity index (χ0n) is 14.3. The molecular formula is C18H15ClN4OS2. The summed E-state index contributed by atoms with van der Waals surface area (Å²) in [5.74, 6) is -0.160. The van der Waals surface area contributed by atoms with Crippen LogP contribution in [0.4, 0.5) is 5.69 Å². The lowest BCUT2D eigenvalue weighted by molar-refractivity contribution is -0.115. The lowest BCUT2D eigenvalue weighted by Crippen LogP contribution is -2.22. The molecule has 3 aromatic rings. The maximum atomic E-state index is 12.5. The van der Waals surface area contributed by atoms with Gasteiger partial charge in [-0.1, -0.05) is 23.4 Å². The minimum absolute atomic E-state index is 0.160. The van der Waals surface area contributed by atoms with E-state index in [1.165, 1.54) is 23.0 Å². The molecule has 0 radical (unpaired) electrons. The molecule has 0 aliphatic rings. The van der Waals surface area contributed by atoms with Crippen LogP contribution >= 0.6 is 34.7 Å². The molecule has 2 heterocycles. The Morgan fingerprint density at radius 3 is 2.85 bits per heavy atom.